The van der Waals surface area contributed by atoms with Crippen LogP contribution in [0.2, 0.25) is 0 Å². The Hall–Kier alpha value is -1.46. The molecular formula is C6H2BF2NO2. The molecule has 0 heterocycles. The number of hydrogen-bond donors (Lipinski definition) is 0. The molecule has 2 radical (unpaired) electrons. The summed E-state index contributed by atoms with van der Waals surface area (Å²) in [6.07, 6.45) is 0. The van der Waals surface area contributed by atoms with Gasteiger partial charge in [-0.15, -0.1) is 0 Å². The van der Waals surface area contributed by atoms with Crippen LogP contribution in [-0.4, -0.2) is 12.8 Å². The van der Waals surface area contributed by atoms with Crippen molar-refractivity contribution in [2.45, 2.75) is 0 Å². The SMILES string of the molecule is [B]c1cc([N+](=O)[O-])c(F)cc1F. The molecule has 60 valence electrons. The van der Waals surface area contributed by atoms with E-state index in [0.29, 0.717) is 12.1 Å². The Morgan fingerprint density at radius 3 is 2.42 bits per heavy atom. The van der Waals surface area contributed by atoms with Crippen molar-refractivity contribution in [1.29, 1.82) is 0 Å². The van der Waals surface area contributed by atoms with Crippen LogP contribution in [0.25, 0.3) is 0 Å². The summed E-state index contributed by atoms with van der Waals surface area (Å²) >= 11 is 0. The highest BCUT2D eigenvalue weighted by molar-refractivity contribution is 6.32. The highest BCUT2D eigenvalue weighted by Crippen LogP contribution is 2.15. The predicted molar refractivity (Wildman–Crippen MR) is 38.4 cm³/mol. The molecule has 0 saturated carbocycles. The van der Waals surface area contributed by atoms with Crippen LogP contribution in [0, 0.1) is 21.7 Å². The predicted octanol–water partition coefficient (Wildman–Crippen LogP) is 0.667. The molecule has 1 aromatic rings. The number of nitro benzene ring substituents is 1. The van der Waals surface area contributed by atoms with Crippen molar-refractivity contribution in [2.75, 3.05) is 0 Å². The van der Waals surface area contributed by atoms with Crippen LogP contribution >= 0.6 is 0 Å². The number of nitro groups is 1. The Morgan fingerprint density at radius 1 is 1.33 bits per heavy atom. The van der Waals surface area contributed by atoms with E-state index in [-0.39, 0.29) is 0 Å². The molecule has 0 aliphatic carbocycles. The molecule has 0 spiro atoms. The van der Waals surface area contributed by atoms with Crippen LogP contribution < -0.4 is 5.46 Å². The van der Waals surface area contributed by atoms with Crippen molar-refractivity contribution in [1.82, 2.24) is 0 Å². The molecule has 0 aromatic heterocycles. The Bertz CT molecular complexity index is 343. The second-order valence-corrected chi connectivity index (χ2v) is 2.08. The maximum atomic E-state index is 12.5. The second kappa shape index (κ2) is 2.88. The van der Waals surface area contributed by atoms with Gasteiger partial charge >= 0.3 is 5.69 Å². The van der Waals surface area contributed by atoms with Gasteiger partial charge in [0.15, 0.2) is 0 Å². The Morgan fingerprint density at radius 2 is 1.92 bits per heavy atom. The summed E-state index contributed by atoms with van der Waals surface area (Å²) in [4.78, 5) is 9.11. The van der Waals surface area contributed by atoms with Crippen LogP contribution in [0.3, 0.4) is 0 Å². The fourth-order valence-corrected chi connectivity index (χ4v) is 0.694. The van der Waals surface area contributed by atoms with Crippen LogP contribution in [-0.2, 0) is 0 Å². The molecule has 0 aliphatic heterocycles. The number of hydrogen-bond acceptors (Lipinski definition) is 2. The molecule has 1 rings (SSSR count). The third-order valence-electron chi connectivity index (χ3n) is 1.26. The van der Waals surface area contributed by atoms with Crippen molar-refractivity contribution in [2.24, 2.45) is 0 Å². The molecule has 0 saturated heterocycles. The first-order valence-corrected chi connectivity index (χ1v) is 2.91. The standard InChI is InChI=1S/C6H2BF2NO2/c7-3-1-6(10(11)12)5(9)2-4(3)8/h1-2H. The highest BCUT2D eigenvalue weighted by atomic mass is 19.1. The lowest BCUT2D eigenvalue weighted by atomic mass is 9.95. The van der Waals surface area contributed by atoms with Crippen LogP contribution in [0.15, 0.2) is 12.1 Å². The minimum absolute atomic E-state index is 0.382. The summed E-state index contributed by atoms with van der Waals surface area (Å²) in [6.45, 7) is 0. The molecule has 0 N–H and O–H groups in total. The number of benzene rings is 1. The summed E-state index contributed by atoms with van der Waals surface area (Å²) in [5.41, 5.74) is -1.27. The van der Waals surface area contributed by atoms with Gasteiger partial charge in [0.05, 0.1) is 4.92 Å². The second-order valence-electron chi connectivity index (χ2n) is 2.08. The molecule has 0 unspecified atom stereocenters. The lowest BCUT2D eigenvalue weighted by Crippen LogP contribution is -2.10. The third-order valence-corrected chi connectivity index (χ3v) is 1.26. The van der Waals surface area contributed by atoms with Crippen LogP contribution in [0.1, 0.15) is 0 Å². The maximum absolute atomic E-state index is 12.5. The first-order chi connectivity index (χ1) is 5.52. The molecule has 0 atom stereocenters. The summed E-state index contributed by atoms with van der Waals surface area (Å²) in [5.74, 6) is -2.23. The molecule has 6 heteroatoms. The normalized spacial score (nSPS) is 9.83. The van der Waals surface area contributed by atoms with Crippen molar-refractivity contribution < 1.29 is 13.7 Å². The monoisotopic (exact) mass is 169 g/mol. The molecule has 0 fully saturated rings. The maximum Gasteiger partial charge on any atom is 0.304 e. The van der Waals surface area contributed by atoms with E-state index in [4.69, 9.17) is 7.85 Å². The van der Waals surface area contributed by atoms with E-state index in [2.05, 4.69) is 0 Å². The summed E-state index contributed by atoms with van der Waals surface area (Å²) in [5, 5.41) is 10.1. The van der Waals surface area contributed by atoms with Gasteiger partial charge in [0.2, 0.25) is 5.82 Å². The smallest absolute Gasteiger partial charge is 0.258 e. The first-order valence-electron chi connectivity index (χ1n) is 2.91. The molecule has 0 aliphatic rings. The lowest BCUT2D eigenvalue weighted by Gasteiger charge is -1.97. The van der Waals surface area contributed by atoms with Gasteiger partial charge in [-0.25, -0.2) is 4.39 Å². The third kappa shape index (κ3) is 1.41. The van der Waals surface area contributed by atoms with Gasteiger partial charge in [-0.05, 0) is 0 Å². The van der Waals surface area contributed by atoms with Crippen LogP contribution in [0.4, 0.5) is 14.5 Å². The lowest BCUT2D eigenvalue weighted by molar-refractivity contribution is -0.387. The largest absolute Gasteiger partial charge is 0.304 e. The Labute approximate surface area is 67.6 Å². The molecule has 1 aromatic carbocycles. The van der Waals surface area contributed by atoms with Gasteiger partial charge < -0.3 is 0 Å². The van der Waals surface area contributed by atoms with E-state index in [1.165, 1.54) is 0 Å². The summed E-state index contributed by atoms with van der Waals surface area (Å²) in [7, 11) is 4.98. The Kier molecular flexibility index (Phi) is 2.08. The van der Waals surface area contributed by atoms with E-state index in [9.17, 15) is 18.9 Å². The Balaban J connectivity index is 3.33. The van der Waals surface area contributed by atoms with E-state index in [1.54, 1.807) is 0 Å². The van der Waals surface area contributed by atoms with Gasteiger partial charge in [-0.3, -0.25) is 10.1 Å². The van der Waals surface area contributed by atoms with Gasteiger partial charge in [0, 0.05) is 12.1 Å². The molecule has 0 amide bonds. The van der Waals surface area contributed by atoms with E-state index in [1.807, 2.05) is 0 Å². The fourth-order valence-electron chi connectivity index (χ4n) is 0.694. The molecule has 0 bridgehead atoms. The average Bonchev–Trinajstić information content (AvgIpc) is 1.96. The number of halogens is 2. The topological polar surface area (TPSA) is 43.1 Å². The zero-order chi connectivity index (χ0) is 9.30. The zero-order valence-corrected chi connectivity index (χ0v) is 5.75. The van der Waals surface area contributed by atoms with E-state index >= 15 is 0 Å². The minimum atomic E-state index is -1.23. The minimum Gasteiger partial charge on any atom is -0.258 e. The summed E-state index contributed by atoms with van der Waals surface area (Å²) in [6, 6.07) is 1.03. The molecule has 12 heavy (non-hydrogen) atoms. The van der Waals surface area contributed by atoms with Crippen molar-refractivity contribution in [3.8, 4) is 0 Å². The van der Waals surface area contributed by atoms with Crippen LogP contribution in [0.5, 0.6) is 0 Å². The average molecular weight is 169 g/mol. The van der Waals surface area contributed by atoms with Crippen molar-refractivity contribution in [3.63, 3.8) is 0 Å². The quantitative estimate of drug-likeness (QED) is 0.352. The fraction of sp³-hybridized carbons (Fsp3) is 0. The van der Waals surface area contributed by atoms with Gasteiger partial charge in [0.1, 0.15) is 13.7 Å². The van der Waals surface area contributed by atoms with Gasteiger partial charge in [-0.2, -0.15) is 4.39 Å². The zero-order valence-electron chi connectivity index (χ0n) is 5.75. The van der Waals surface area contributed by atoms with Crippen molar-refractivity contribution in [3.05, 3.63) is 33.9 Å². The van der Waals surface area contributed by atoms with E-state index < -0.39 is 27.7 Å². The van der Waals surface area contributed by atoms with Gasteiger partial charge in [-0.1, -0.05) is 5.46 Å². The summed E-state index contributed by atoms with van der Waals surface area (Å²) < 4.78 is 25.0. The molecule has 3 nitrogen and oxygen atoms in total. The van der Waals surface area contributed by atoms with Gasteiger partial charge in [0.25, 0.3) is 0 Å². The highest BCUT2D eigenvalue weighted by Gasteiger charge is 2.15. The van der Waals surface area contributed by atoms with E-state index in [0.717, 1.165) is 0 Å². The van der Waals surface area contributed by atoms with Crippen molar-refractivity contribution >= 4 is 19.0 Å². The number of nitrogens with zero attached hydrogens (tertiary/aromatic N) is 1. The first kappa shape index (κ1) is 8.64. The number of rotatable bonds is 1. The molecular weight excluding hydrogens is 167 g/mol.